The molecule has 0 rings (SSSR count). The van der Waals surface area contributed by atoms with Gasteiger partial charge in [0.15, 0.2) is 0 Å². The second kappa shape index (κ2) is 97.3. The lowest BCUT2D eigenvalue weighted by Crippen LogP contribution is -2.34. The number of amides is 1. The van der Waals surface area contributed by atoms with Gasteiger partial charge in [0.05, 0.1) is 416 Å². The van der Waals surface area contributed by atoms with Crippen molar-refractivity contribution in [3.05, 3.63) is 0 Å². The predicted octanol–water partition coefficient (Wildman–Crippen LogP) is 1.39. The molecule has 1 amide bonds. The minimum Gasteiger partial charge on any atom is -0.444 e. The van der Waals surface area contributed by atoms with Gasteiger partial charge in [0.2, 0.25) is 0 Å². The van der Waals surface area contributed by atoms with Crippen molar-refractivity contribution in [2.75, 3.05) is 436 Å². The van der Waals surface area contributed by atoms with Crippen molar-refractivity contribution in [2.24, 2.45) is 5.73 Å². The average Bonchev–Trinajstić information content (AvgIpc) is 1.02. The molecule has 0 aliphatic carbocycles. The molecule has 0 bridgehead atoms. The Bertz CT molecular complexity index is 1640. The molecule has 648 valence electrons. The van der Waals surface area contributed by atoms with Crippen LogP contribution in [-0.2, 0) is 156 Å². The molecule has 0 spiro atoms. The van der Waals surface area contributed by atoms with Gasteiger partial charge in [0.25, 0.3) is 0 Å². The Morgan fingerprint density at radius 3 is 0.389 bits per heavy atom. The summed E-state index contributed by atoms with van der Waals surface area (Å²) in [6.07, 6.45) is 0.403. The zero-order valence-electron chi connectivity index (χ0n) is 66.3. The third kappa shape index (κ3) is 102. The van der Waals surface area contributed by atoms with Crippen LogP contribution in [-0.4, -0.2) is 448 Å². The fraction of sp³-hybridized carbons (Fsp3) is 0.986. The molecule has 0 aromatic heterocycles. The molecule has 0 atom stereocenters. The highest BCUT2D eigenvalue weighted by molar-refractivity contribution is 5.67. The van der Waals surface area contributed by atoms with E-state index in [0.29, 0.717) is 436 Å². The molecule has 0 unspecified atom stereocenters. The van der Waals surface area contributed by atoms with Gasteiger partial charge in [0, 0.05) is 13.2 Å². The van der Waals surface area contributed by atoms with Gasteiger partial charge in [-0.2, -0.15) is 0 Å². The lowest BCUT2D eigenvalue weighted by atomic mass is 10.2. The molecule has 0 radical (unpaired) electrons. The van der Waals surface area contributed by atoms with Gasteiger partial charge in [-0.25, -0.2) is 4.79 Å². The first-order chi connectivity index (χ1) is 53.5. The highest BCUT2D eigenvalue weighted by Gasteiger charge is 2.15. The molecule has 0 aromatic carbocycles. The maximum atomic E-state index is 11.6. The zero-order chi connectivity index (χ0) is 77.5. The summed E-state index contributed by atoms with van der Waals surface area (Å²) in [6, 6.07) is 0. The molecule has 0 aromatic rings. The van der Waals surface area contributed by atoms with Crippen molar-refractivity contribution in [3.63, 3.8) is 0 Å². The van der Waals surface area contributed by atoms with E-state index in [1.807, 2.05) is 20.8 Å². The highest BCUT2D eigenvalue weighted by atomic mass is 16.6. The number of alkyl carbamates (subject to hydrolysis) is 1. The van der Waals surface area contributed by atoms with E-state index < -0.39 is 11.7 Å². The largest absolute Gasteiger partial charge is 0.444 e. The Labute approximate surface area is 644 Å². The summed E-state index contributed by atoms with van der Waals surface area (Å²) in [5.41, 5.74) is 4.89. The van der Waals surface area contributed by atoms with E-state index in [9.17, 15) is 4.79 Å². The molecule has 36 heteroatoms. The van der Waals surface area contributed by atoms with Gasteiger partial charge in [-0.15, -0.1) is 0 Å². The summed E-state index contributed by atoms with van der Waals surface area (Å²) in [5, 5.41) is 2.63. The lowest BCUT2D eigenvalue weighted by molar-refractivity contribution is -0.0326. The summed E-state index contributed by atoms with van der Waals surface area (Å²) < 4.78 is 181. The number of rotatable bonds is 99. The monoisotopic (exact) mass is 1580 g/mol. The van der Waals surface area contributed by atoms with Crippen molar-refractivity contribution in [1.82, 2.24) is 5.32 Å². The number of nitrogens with two attached hydrogens (primary N) is 1. The van der Waals surface area contributed by atoms with E-state index in [1.54, 1.807) is 0 Å². The van der Waals surface area contributed by atoms with E-state index in [4.69, 9.17) is 162 Å². The molecule has 0 saturated carbocycles. The predicted molar refractivity (Wildman–Crippen MR) is 394 cm³/mol. The number of carbonyl (C=O) groups is 1. The first-order valence-electron chi connectivity index (χ1n) is 38.6. The van der Waals surface area contributed by atoms with Gasteiger partial charge >= 0.3 is 6.09 Å². The molecule has 0 fully saturated rings. The Hall–Kier alpha value is -2.05. The van der Waals surface area contributed by atoms with Crippen molar-refractivity contribution in [3.8, 4) is 0 Å². The van der Waals surface area contributed by atoms with Gasteiger partial charge in [-0.1, -0.05) is 0 Å². The van der Waals surface area contributed by atoms with Crippen molar-refractivity contribution in [1.29, 1.82) is 0 Å². The third-order valence-electron chi connectivity index (χ3n) is 12.9. The first kappa shape index (κ1) is 106. The number of nitrogens with one attached hydrogen (secondary N) is 1. The van der Waals surface area contributed by atoms with E-state index >= 15 is 0 Å². The van der Waals surface area contributed by atoms with Crippen LogP contribution in [0.3, 0.4) is 0 Å². The number of ether oxygens (including phenoxy) is 33. The maximum absolute atomic E-state index is 11.6. The van der Waals surface area contributed by atoms with Gasteiger partial charge in [0.1, 0.15) is 5.60 Å². The van der Waals surface area contributed by atoms with Crippen LogP contribution in [0.25, 0.3) is 0 Å². The van der Waals surface area contributed by atoms with Crippen molar-refractivity contribution in [2.45, 2.75) is 32.8 Å². The molecule has 0 saturated heterocycles. The number of hydrogen-bond acceptors (Lipinski definition) is 35. The van der Waals surface area contributed by atoms with Crippen LogP contribution in [0.5, 0.6) is 0 Å². The summed E-state index contributed by atoms with van der Waals surface area (Å²) in [7, 11) is 0. The smallest absolute Gasteiger partial charge is 0.407 e. The molecule has 108 heavy (non-hydrogen) atoms. The summed E-state index contributed by atoms with van der Waals surface area (Å²) >= 11 is 0. The van der Waals surface area contributed by atoms with E-state index in [-0.39, 0.29) is 0 Å². The lowest BCUT2D eigenvalue weighted by Gasteiger charge is -2.19. The zero-order valence-corrected chi connectivity index (χ0v) is 66.3. The Kier molecular flexibility index (Phi) is 95.5. The van der Waals surface area contributed by atoms with Crippen LogP contribution in [0.15, 0.2) is 0 Å². The van der Waals surface area contributed by atoms with Crippen LogP contribution < -0.4 is 11.1 Å². The molecule has 0 aliphatic heterocycles. The van der Waals surface area contributed by atoms with Crippen molar-refractivity contribution < 1.29 is 161 Å². The number of carbonyl (C=O) groups excluding carboxylic acids is 1. The van der Waals surface area contributed by atoms with Gasteiger partial charge in [-0.05, 0) is 33.7 Å². The quantitative estimate of drug-likeness (QED) is 0.0813. The standard InChI is InChI=1S/C72H146N2O34/c1-72(2,3)108-71(75)74-6-8-77-10-12-79-14-16-81-18-20-83-22-24-85-26-28-87-30-32-89-34-36-91-38-40-93-42-44-95-46-48-97-50-52-99-54-56-101-58-60-103-62-64-105-66-68-107-70-69-106-67-65-104-63-61-102-59-57-100-55-53-98-51-49-96-47-45-94-43-41-92-39-37-90-35-33-88-31-29-86-27-25-84-23-21-82-19-17-80-15-13-78-11-9-76-7-4-5-73/h4-70,73H2,1-3H3,(H,74,75). The van der Waals surface area contributed by atoms with Crippen LogP contribution in [0.2, 0.25) is 0 Å². The summed E-state index contributed by atoms with van der Waals surface area (Å²) in [4.78, 5) is 11.6. The highest BCUT2D eigenvalue weighted by Crippen LogP contribution is 2.06. The molecular weight excluding hydrogens is 1440 g/mol. The van der Waals surface area contributed by atoms with E-state index in [0.717, 1.165) is 6.42 Å². The van der Waals surface area contributed by atoms with Crippen molar-refractivity contribution >= 4 is 6.09 Å². The Morgan fingerprint density at radius 1 is 0.185 bits per heavy atom. The Balaban J connectivity index is 3.10. The molecule has 3 N–H and O–H groups in total. The minimum absolute atomic E-state index is 0.372. The Morgan fingerprint density at radius 2 is 0.287 bits per heavy atom. The second-order valence-corrected chi connectivity index (χ2v) is 23.2. The summed E-state index contributed by atoms with van der Waals surface area (Å²) in [6.45, 7) is 37.4. The maximum Gasteiger partial charge on any atom is 0.407 e. The number of hydrogen-bond donors (Lipinski definition) is 2. The van der Waals surface area contributed by atoms with Crippen LogP contribution >= 0.6 is 0 Å². The second-order valence-electron chi connectivity index (χ2n) is 23.2. The van der Waals surface area contributed by atoms with Crippen LogP contribution in [0.4, 0.5) is 4.79 Å². The van der Waals surface area contributed by atoms with Crippen LogP contribution in [0.1, 0.15) is 27.2 Å². The van der Waals surface area contributed by atoms with E-state index in [2.05, 4.69) is 5.32 Å². The van der Waals surface area contributed by atoms with Gasteiger partial charge < -0.3 is 167 Å². The average molecular weight is 1580 g/mol. The molecule has 0 heterocycles. The minimum atomic E-state index is -0.524. The van der Waals surface area contributed by atoms with E-state index in [1.165, 1.54) is 0 Å². The molecular formula is C72H146N2O34. The molecule has 36 nitrogen and oxygen atoms in total. The fourth-order valence-electron chi connectivity index (χ4n) is 7.64. The SMILES string of the molecule is CC(C)(C)OC(=O)NCCOCCOCCOCCOCCOCCOCCOCCOCCOCCOCCOCCOCCOCCOCCOCCOCCOCCOCCOCCOCCOCCOCCOCCOCCOCCOCCOCCOCCOCCOCCOCCOCCCN. The van der Waals surface area contributed by atoms with Gasteiger partial charge in [-0.3, -0.25) is 0 Å². The fourth-order valence-corrected chi connectivity index (χ4v) is 7.64. The van der Waals surface area contributed by atoms with Crippen LogP contribution in [0, 0.1) is 0 Å². The third-order valence-corrected chi connectivity index (χ3v) is 12.9. The first-order valence-corrected chi connectivity index (χ1v) is 38.6. The molecule has 0 aliphatic rings. The normalized spacial score (nSPS) is 11.9. The topological polar surface area (TPSA) is 360 Å². The summed E-state index contributed by atoms with van der Waals surface area (Å²) in [5.74, 6) is 0.